The van der Waals surface area contributed by atoms with Crippen LogP contribution in [0.1, 0.15) is 39.9 Å². The van der Waals surface area contributed by atoms with Crippen molar-refractivity contribution in [1.82, 2.24) is 14.7 Å². The lowest BCUT2D eigenvalue weighted by Crippen LogP contribution is -2.42. The van der Waals surface area contributed by atoms with Crippen LogP contribution >= 0.6 is 12.4 Å². The molecule has 2 N–H and O–H groups in total. The molecule has 5 nitrogen and oxygen atoms in total. The zero-order chi connectivity index (χ0) is 20.4. The molecule has 0 bridgehead atoms. The summed E-state index contributed by atoms with van der Waals surface area (Å²) >= 11 is 0. The van der Waals surface area contributed by atoms with Gasteiger partial charge in [-0.25, -0.2) is 0 Å². The number of aryl methyl sites for hydroxylation is 2. The van der Waals surface area contributed by atoms with Gasteiger partial charge in [0.1, 0.15) is 5.69 Å². The quantitative estimate of drug-likeness (QED) is 0.682. The fraction of sp³-hybridized carbons (Fsp3) is 0.333. The fourth-order valence-corrected chi connectivity index (χ4v) is 3.80. The van der Waals surface area contributed by atoms with E-state index in [9.17, 15) is 4.79 Å². The number of piperidine rings is 1. The van der Waals surface area contributed by atoms with E-state index in [1.807, 2.05) is 34.0 Å². The molecule has 1 aliphatic rings. The molecule has 0 atom stereocenters. The van der Waals surface area contributed by atoms with E-state index in [-0.39, 0.29) is 24.4 Å². The number of amides is 1. The number of carbonyl (C=O) groups is 1. The molecule has 0 spiro atoms. The number of aromatic nitrogens is 2. The first-order valence-corrected chi connectivity index (χ1v) is 10.2. The number of nitrogens with zero attached hydrogens (tertiary/aromatic N) is 3. The Morgan fingerprint density at radius 3 is 2.43 bits per heavy atom. The molecule has 1 aromatic heterocycles. The Labute approximate surface area is 184 Å². The average Bonchev–Trinajstić information content (AvgIpc) is 3.14. The molecule has 0 aliphatic carbocycles. The Hall–Kier alpha value is -2.63. The topological polar surface area (TPSA) is 64.2 Å². The number of hydrogen-bond donors (Lipinski definition) is 1. The molecule has 1 amide bonds. The number of rotatable bonds is 4. The minimum absolute atomic E-state index is 0. The molecule has 6 heteroatoms. The molecule has 1 fully saturated rings. The van der Waals surface area contributed by atoms with Crippen LogP contribution in [0, 0.1) is 13.8 Å². The van der Waals surface area contributed by atoms with Crippen LogP contribution in [0.15, 0.2) is 54.7 Å². The number of halogens is 1. The normalized spacial score (nSPS) is 14.4. The Kier molecular flexibility index (Phi) is 6.95. The van der Waals surface area contributed by atoms with Gasteiger partial charge in [-0.1, -0.05) is 42.5 Å². The molecule has 4 rings (SSSR count). The van der Waals surface area contributed by atoms with Gasteiger partial charge in [-0.2, -0.15) is 5.10 Å². The van der Waals surface area contributed by atoms with Crippen LogP contribution in [0.2, 0.25) is 0 Å². The summed E-state index contributed by atoms with van der Waals surface area (Å²) in [5.74, 6) is 0.0458. The monoisotopic (exact) mass is 424 g/mol. The van der Waals surface area contributed by atoms with Crippen LogP contribution in [0.3, 0.4) is 0 Å². The van der Waals surface area contributed by atoms with Gasteiger partial charge in [0.15, 0.2) is 0 Å². The summed E-state index contributed by atoms with van der Waals surface area (Å²) in [7, 11) is 0. The van der Waals surface area contributed by atoms with E-state index in [1.165, 1.54) is 11.1 Å². The zero-order valence-electron chi connectivity index (χ0n) is 17.5. The summed E-state index contributed by atoms with van der Waals surface area (Å²) in [6.45, 7) is 6.23. The minimum atomic E-state index is 0. The van der Waals surface area contributed by atoms with E-state index in [1.54, 1.807) is 0 Å². The molecule has 0 saturated carbocycles. The van der Waals surface area contributed by atoms with Crippen molar-refractivity contribution in [3.05, 3.63) is 77.0 Å². The molecule has 30 heavy (non-hydrogen) atoms. The predicted octanol–water partition coefficient (Wildman–Crippen LogP) is 4.20. The molecule has 158 valence electrons. The van der Waals surface area contributed by atoms with Crippen molar-refractivity contribution in [2.75, 3.05) is 13.1 Å². The summed E-state index contributed by atoms with van der Waals surface area (Å²) in [5.41, 5.74) is 12.0. The molecular weight excluding hydrogens is 396 g/mol. The van der Waals surface area contributed by atoms with Gasteiger partial charge in [0.25, 0.3) is 5.91 Å². The van der Waals surface area contributed by atoms with Crippen molar-refractivity contribution in [2.24, 2.45) is 5.73 Å². The van der Waals surface area contributed by atoms with E-state index in [2.05, 4.69) is 44.2 Å². The Balaban J connectivity index is 0.00000256. The third-order valence-electron chi connectivity index (χ3n) is 5.79. The standard InChI is InChI=1S/C24H28N4O.ClH/c1-17-8-9-20(14-18(17)2)23-22(24(29)27-12-10-21(25)11-13-27)16-28(26-23)15-19-6-4-3-5-7-19;/h3-9,14,16,21H,10-13,15,25H2,1-2H3;1H. The maximum atomic E-state index is 13.3. The van der Waals surface area contributed by atoms with Crippen molar-refractivity contribution in [3.63, 3.8) is 0 Å². The Bertz CT molecular complexity index is 1010. The summed E-state index contributed by atoms with van der Waals surface area (Å²) < 4.78 is 1.88. The van der Waals surface area contributed by atoms with E-state index in [0.29, 0.717) is 25.2 Å². The summed E-state index contributed by atoms with van der Waals surface area (Å²) in [6, 6.07) is 16.7. The van der Waals surface area contributed by atoms with Gasteiger partial charge in [0.2, 0.25) is 0 Å². The number of likely N-dealkylation sites (tertiary alicyclic amines) is 1. The van der Waals surface area contributed by atoms with Crippen LogP contribution in [0.4, 0.5) is 0 Å². The smallest absolute Gasteiger partial charge is 0.257 e. The highest BCUT2D eigenvalue weighted by Gasteiger charge is 2.26. The number of hydrogen-bond acceptors (Lipinski definition) is 3. The van der Waals surface area contributed by atoms with Gasteiger partial charge < -0.3 is 10.6 Å². The number of carbonyl (C=O) groups excluding carboxylic acids is 1. The first kappa shape index (κ1) is 22.1. The number of benzene rings is 2. The first-order valence-electron chi connectivity index (χ1n) is 10.2. The average molecular weight is 425 g/mol. The van der Waals surface area contributed by atoms with E-state index in [0.717, 1.165) is 29.7 Å². The van der Waals surface area contributed by atoms with Gasteiger partial charge in [0, 0.05) is 30.9 Å². The molecule has 3 aromatic rings. The summed E-state index contributed by atoms with van der Waals surface area (Å²) in [5, 5.41) is 4.82. The second kappa shape index (κ2) is 9.45. The van der Waals surface area contributed by atoms with E-state index < -0.39 is 0 Å². The highest BCUT2D eigenvalue weighted by molar-refractivity contribution is 6.00. The minimum Gasteiger partial charge on any atom is -0.338 e. The zero-order valence-corrected chi connectivity index (χ0v) is 18.4. The third-order valence-corrected chi connectivity index (χ3v) is 5.79. The van der Waals surface area contributed by atoms with Crippen molar-refractivity contribution < 1.29 is 4.79 Å². The first-order chi connectivity index (χ1) is 14.0. The lowest BCUT2D eigenvalue weighted by Gasteiger charge is -2.30. The third kappa shape index (κ3) is 4.74. The lowest BCUT2D eigenvalue weighted by atomic mass is 10.0. The molecule has 2 heterocycles. The summed E-state index contributed by atoms with van der Waals surface area (Å²) in [4.78, 5) is 15.3. The summed E-state index contributed by atoms with van der Waals surface area (Å²) in [6.07, 6.45) is 3.60. The molecule has 1 aliphatic heterocycles. The van der Waals surface area contributed by atoms with E-state index >= 15 is 0 Å². The fourth-order valence-electron chi connectivity index (χ4n) is 3.80. The number of nitrogens with two attached hydrogens (primary N) is 1. The second-order valence-electron chi connectivity index (χ2n) is 8.00. The highest BCUT2D eigenvalue weighted by Crippen LogP contribution is 2.27. The van der Waals surface area contributed by atoms with Crippen LogP contribution < -0.4 is 5.73 Å². The maximum absolute atomic E-state index is 13.3. The van der Waals surface area contributed by atoms with Crippen LogP contribution in [0.25, 0.3) is 11.3 Å². The maximum Gasteiger partial charge on any atom is 0.257 e. The van der Waals surface area contributed by atoms with Crippen LogP contribution in [-0.4, -0.2) is 39.7 Å². The van der Waals surface area contributed by atoms with E-state index in [4.69, 9.17) is 10.8 Å². The molecule has 2 aromatic carbocycles. The van der Waals surface area contributed by atoms with Gasteiger partial charge in [-0.05, 0) is 49.4 Å². The predicted molar refractivity (Wildman–Crippen MR) is 123 cm³/mol. The SMILES string of the molecule is Cc1ccc(-c2nn(Cc3ccccc3)cc2C(=O)N2CCC(N)CC2)cc1C.Cl. The molecule has 0 radical (unpaired) electrons. The molecule has 1 saturated heterocycles. The van der Waals surface area contributed by atoms with Crippen molar-refractivity contribution in [3.8, 4) is 11.3 Å². The largest absolute Gasteiger partial charge is 0.338 e. The molecule has 0 unspecified atom stereocenters. The molecular formula is C24H29ClN4O. The Morgan fingerprint density at radius 1 is 1.07 bits per heavy atom. The highest BCUT2D eigenvalue weighted by atomic mass is 35.5. The second-order valence-corrected chi connectivity index (χ2v) is 8.00. The van der Waals surface area contributed by atoms with Gasteiger partial charge in [-0.15, -0.1) is 12.4 Å². The lowest BCUT2D eigenvalue weighted by molar-refractivity contribution is 0.0715. The van der Waals surface area contributed by atoms with Gasteiger partial charge in [-0.3, -0.25) is 9.48 Å². The van der Waals surface area contributed by atoms with Gasteiger partial charge in [0.05, 0.1) is 12.1 Å². The van der Waals surface area contributed by atoms with Crippen LogP contribution in [0.5, 0.6) is 0 Å². The Morgan fingerprint density at radius 2 is 1.77 bits per heavy atom. The van der Waals surface area contributed by atoms with Gasteiger partial charge >= 0.3 is 0 Å². The van der Waals surface area contributed by atoms with Crippen molar-refractivity contribution >= 4 is 18.3 Å². The van der Waals surface area contributed by atoms with Crippen molar-refractivity contribution in [2.45, 2.75) is 39.3 Å². The van der Waals surface area contributed by atoms with Crippen LogP contribution in [-0.2, 0) is 6.54 Å². The van der Waals surface area contributed by atoms with Crippen molar-refractivity contribution in [1.29, 1.82) is 0 Å².